The maximum Gasteiger partial charge on any atom is 0.408 e. The van der Waals surface area contributed by atoms with Crippen molar-refractivity contribution in [3.63, 3.8) is 0 Å². The van der Waals surface area contributed by atoms with Crippen molar-refractivity contribution in [1.82, 2.24) is 5.32 Å². The van der Waals surface area contributed by atoms with Gasteiger partial charge in [-0.1, -0.05) is 0 Å². The zero-order chi connectivity index (χ0) is 18.0. The molecule has 1 N–H and O–H groups in total. The molecule has 1 heterocycles. The maximum absolute atomic E-state index is 12.6. The summed E-state index contributed by atoms with van der Waals surface area (Å²) in [5, 5.41) is 2.63. The molecule has 7 nitrogen and oxygen atoms in total. The molecule has 0 aromatic carbocycles. The number of amides is 1. The summed E-state index contributed by atoms with van der Waals surface area (Å²) in [6.07, 6.45) is 1.76. The van der Waals surface area contributed by atoms with Crippen molar-refractivity contribution >= 4 is 17.8 Å². The molecular formula is C17H23NO6. The number of nitrogens with one attached hydrogen (secondary N) is 1. The normalized spacial score (nSPS) is 22.1. The molecule has 7 heteroatoms. The van der Waals surface area contributed by atoms with Crippen molar-refractivity contribution in [3.8, 4) is 0 Å². The molecule has 1 aromatic heterocycles. The lowest BCUT2D eigenvalue weighted by molar-refractivity contribution is -0.159. The van der Waals surface area contributed by atoms with Gasteiger partial charge >= 0.3 is 12.1 Å². The lowest BCUT2D eigenvalue weighted by Crippen LogP contribution is -2.50. The number of alkyl carbamates (subject to hydrolysis) is 1. The lowest BCUT2D eigenvalue weighted by Gasteiger charge is -2.33. The number of Topliss-reactive ketones (excluding diaryl/α,β-unsaturated/α-hetero) is 1. The minimum atomic E-state index is -1.50. The van der Waals surface area contributed by atoms with E-state index in [0.29, 0.717) is 12.2 Å². The summed E-state index contributed by atoms with van der Waals surface area (Å²) in [5.41, 5.74) is -2.21. The Bertz CT molecular complexity index is 616. The molecular weight excluding hydrogens is 314 g/mol. The van der Waals surface area contributed by atoms with Gasteiger partial charge in [0.1, 0.15) is 17.4 Å². The van der Waals surface area contributed by atoms with Crippen LogP contribution >= 0.6 is 0 Å². The van der Waals surface area contributed by atoms with Gasteiger partial charge in [0.2, 0.25) is 0 Å². The van der Waals surface area contributed by atoms with Crippen molar-refractivity contribution in [2.45, 2.75) is 51.7 Å². The summed E-state index contributed by atoms with van der Waals surface area (Å²) in [5.74, 6) is -0.643. The minimum absolute atomic E-state index is 0.252. The number of esters is 1. The number of hydrogen-bond donors (Lipinski definition) is 1. The van der Waals surface area contributed by atoms with E-state index in [4.69, 9.17) is 13.9 Å². The molecule has 0 unspecified atom stereocenters. The minimum Gasteiger partial charge on any atom is -0.468 e. The van der Waals surface area contributed by atoms with E-state index in [1.165, 1.54) is 13.4 Å². The molecule has 1 aromatic rings. The zero-order valence-corrected chi connectivity index (χ0v) is 14.4. The van der Waals surface area contributed by atoms with Crippen LogP contribution in [-0.4, -0.2) is 30.6 Å². The van der Waals surface area contributed by atoms with E-state index in [-0.39, 0.29) is 18.6 Å². The number of carbonyl (C=O) groups is 3. The Morgan fingerprint density at radius 1 is 1.38 bits per heavy atom. The van der Waals surface area contributed by atoms with Crippen LogP contribution in [0.15, 0.2) is 22.8 Å². The second kappa shape index (κ2) is 6.67. The highest BCUT2D eigenvalue weighted by molar-refractivity contribution is 6.06. The largest absolute Gasteiger partial charge is 0.468 e. The van der Waals surface area contributed by atoms with Crippen LogP contribution in [0, 0.1) is 5.41 Å². The van der Waals surface area contributed by atoms with Crippen LogP contribution in [-0.2, 0) is 19.1 Å². The predicted octanol–water partition coefficient (Wildman–Crippen LogP) is 2.76. The molecule has 24 heavy (non-hydrogen) atoms. The third-order valence-corrected chi connectivity index (χ3v) is 4.00. The van der Waals surface area contributed by atoms with E-state index in [1.807, 2.05) is 0 Å². The number of ether oxygens (including phenoxy) is 2. The van der Waals surface area contributed by atoms with Crippen LogP contribution < -0.4 is 5.32 Å². The zero-order valence-electron chi connectivity index (χ0n) is 14.4. The second-order valence-electron chi connectivity index (χ2n) is 6.83. The van der Waals surface area contributed by atoms with Gasteiger partial charge in [-0.25, -0.2) is 4.79 Å². The number of ketones is 1. The Kier molecular flexibility index (Phi) is 5.01. The number of rotatable bonds is 4. The number of methoxy groups -OCH3 is 1. The Labute approximate surface area is 140 Å². The molecule has 0 bridgehead atoms. The van der Waals surface area contributed by atoms with Gasteiger partial charge in [-0.05, 0) is 45.7 Å². The first-order valence-corrected chi connectivity index (χ1v) is 7.85. The van der Waals surface area contributed by atoms with E-state index in [0.717, 1.165) is 0 Å². The smallest absolute Gasteiger partial charge is 0.408 e. The number of hydrogen-bond acceptors (Lipinski definition) is 6. The summed E-state index contributed by atoms with van der Waals surface area (Å²) < 4.78 is 15.5. The molecule has 0 saturated heterocycles. The average Bonchev–Trinajstić information content (AvgIpc) is 3.12. The molecule has 2 rings (SSSR count). The first-order valence-electron chi connectivity index (χ1n) is 7.85. The standard InChI is InChI=1S/C17H23NO6/c1-16(2,3)24-15(21)18-13(11-7-6-10-23-11)17(14(20)22-4)9-5-8-12(17)19/h6-7,10,13H,5,8-9H2,1-4H3,(H,18,21)/t13-,17+/m1/s1. The molecule has 1 amide bonds. The van der Waals surface area contributed by atoms with Crippen molar-refractivity contribution in [3.05, 3.63) is 24.2 Å². The summed E-state index contributed by atoms with van der Waals surface area (Å²) >= 11 is 0. The third-order valence-electron chi connectivity index (χ3n) is 4.00. The highest BCUT2D eigenvalue weighted by atomic mass is 16.6. The molecule has 132 valence electrons. The van der Waals surface area contributed by atoms with Crippen LogP contribution in [0.25, 0.3) is 0 Å². The highest BCUT2D eigenvalue weighted by Crippen LogP contribution is 2.46. The molecule has 0 radical (unpaired) electrons. The van der Waals surface area contributed by atoms with E-state index in [1.54, 1.807) is 32.9 Å². The molecule has 1 saturated carbocycles. The van der Waals surface area contributed by atoms with E-state index >= 15 is 0 Å². The van der Waals surface area contributed by atoms with Crippen molar-refractivity contribution in [2.75, 3.05) is 7.11 Å². The predicted molar refractivity (Wildman–Crippen MR) is 84.1 cm³/mol. The van der Waals surface area contributed by atoms with Crippen LogP contribution in [0.2, 0.25) is 0 Å². The van der Waals surface area contributed by atoms with Gasteiger partial charge in [0.05, 0.1) is 13.4 Å². The van der Waals surface area contributed by atoms with Gasteiger partial charge in [-0.15, -0.1) is 0 Å². The Hall–Kier alpha value is -2.31. The van der Waals surface area contributed by atoms with Crippen molar-refractivity contribution < 1.29 is 28.3 Å². The van der Waals surface area contributed by atoms with Crippen LogP contribution in [0.1, 0.15) is 51.8 Å². The second-order valence-corrected chi connectivity index (χ2v) is 6.83. The molecule has 1 fully saturated rings. The topological polar surface area (TPSA) is 94.8 Å². The molecule has 1 aliphatic carbocycles. The van der Waals surface area contributed by atoms with Crippen LogP contribution in [0.5, 0.6) is 0 Å². The Morgan fingerprint density at radius 2 is 2.08 bits per heavy atom. The average molecular weight is 337 g/mol. The van der Waals surface area contributed by atoms with Gasteiger partial charge in [0.15, 0.2) is 11.2 Å². The summed E-state index contributed by atoms with van der Waals surface area (Å²) in [4.78, 5) is 37.3. The summed E-state index contributed by atoms with van der Waals surface area (Å²) in [6, 6.07) is 2.26. The first kappa shape index (κ1) is 18.0. The van der Waals surface area contributed by atoms with E-state index in [9.17, 15) is 14.4 Å². The fourth-order valence-corrected chi connectivity index (χ4v) is 3.03. The Morgan fingerprint density at radius 3 is 2.54 bits per heavy atom. The highest BCUT2D eigenvalue weighted by Gasteiger charge is 2.57. The lowest BCUT2D eigenvalue weighted by atomic mass is 9.76. The van der Waals surface area contributed by atoms with E-state index in [2.05, 4.69) is 5.32 Å². The van der Waals surface area contributed by atoms with Gasteiger partial charge in [-0.2, -0.15) is 0 Å². The van der Waals surface area contributed by atoms with Gasteiger partial charge in [-0.3, -0.25) is 9.59 Å². The van der Waals surface area contributed by atoms with Crippen LogP contribution in [0.4, 0.5) is 4.79 Å². The fourth-order valence-electron chi connectivity index (χ4n) is 3.03. The van der Waals surface area contributed by atoms with E-state index < -0.39 is 29.1 Å². The van der Waals surface area contributed by atoms with Crippen molar-refractivity contribution in [1.29, 1.82) is 0 Å². The van der Waals surface area contributed by atoms with Crippen molar-refractivity contribution in [2.24, 2.45) is 5.41 Å². The molecule has 0 spiro atoms. The fraction of sp³-hybridized carbons (Fsp3) is 0.588. The number of carbonyl (C=O) groups excluding carboxylic acids is 3. The molecule has 2 atom stereocenters. The monoisotopic (exact) mass is 337 g/mol. The van der Waals surface area contributed by atoms with Gasteiger partial charge in [0.25, 0.3) is 0 Å². The first-order chi connectivity index (χ1) is 11.2. The summed E-state index contributed by atoms with van der Waals surface area (Å²) in [6.45, 7) is 5.18. The maximum atomic E-state index is 12.6. The molecule has 0 aliphatic heterocycles. The molecule has 1 aliphatic rings. The SMILES string of the molecule is COC(=O)[C@@]1([C@H](NC(=O)OC(C)(C)C)c2ccco2)CCCC1=O. The summed E-state index contributed by atoms with van der Waals surface area (Å²) in [7, 11) is 1.22. The van der Waals surface area contributed by atoms with Gasteiger partial charge in [0, 0.05) is 6.42 Å². The van der Waals surface area contributed by atoms with Gasteiger partial charge < -0.3 is 19.2 Å². The van der Waals surface area contributed by atoms with Crippen LogP contribution in [0.3, 0.4) is 0 Å². The Balaban J connectivity index is 2.40. The quantitative estimate of drug-likeness (QED) is 0.670. The number of furan rings is 1. The third kappa shape index (κ3) is 3.44.